The van der Waals surface area contributed by atoms with Gasteiger partial charge in [-0.25, -0.2) is 8.42 Å². The number of piperidine rings is 1. The molecule has 1 aliphatic heterocycles. The quantitative estimate of drug-likeness (QED) is 0.664. The molecule has 9 heteroatoms. The zero-order chi connectivity index (χ0) is 14.9. The first kappa shape index (κ1) is 17.8. The summed E-state index contributed by atoms with van der Waals surface area (Å²) >= 11 is 0. The van der Waals surface area contributed by atoms with Crippen molar-refractivity contribution >= 4 is 28.1 Å². The third-order valence-corrected chi connectivity index (χ3v) is 5.30. The van der Waals surface area contributed by atoms with Gasteiger partial charge in [0.05, 0.1) is 9.82 Å². The molecule has 1 saturated heterocycles. The first-order chi connectivity index (χ1) is 9.32. The first-order valence-electron chi connectivity index (χ1n) is 6.33. The summed E-state index contributed by atoms with van der Waals surface area (Å²) in [5.74, 6) is 0. The molecular weight excluding hydrogens is 318 g/mol. The summed E-state index contributed by atoms with van der Waals surface area (Å²) in [5, 5.41) is 10.9. The molecule has 2 rings (SSSR count). The second-order valence-electron chi connectivity index (χ2n) is 4.97. The second-order valence-corrected chi connectivity index (χ2v) is 6.91. The zero-order valence-electron chi connectivity index (χ0n) is 11.6. The van der Waals surface area contributed by atoms with E-state index in [0.29, 0.717) is 18.5 Å². The minimum absolute atomic E-state index is 0. The van der Waals surface area contributed by atoms with Gasteiger partial charge in [0.2, 0.25) is 10.0 Å². The predicted molar refractivity (Wildman–Crippen MR) is 81.0 cm³/mol. The molecule has 1 aromatic carbocycles. The lowest BCUT2D eigenvalue weighted by molar-refractivity contribution is -0.385. The maximum absolute atomic E-state index is 12.5. The molecule has 1 aromatic rings. The van der Waals surface area contributed by atoms with E-state index in [1.807, 2.05) is 0 Å². The number of nitro groups is 1. The predicted octanol–water partition coefficient (Wildman–Crippen LogP) is 1.44. The van der Waals surface area contributed by atoms with Crippen LogP contribution in [0.15, 0.2) is 23.1 Å². The highest BCUT2D eigenvalue weighted by Gasteiger charge is 2.30. The van der Waals surface area contributed by atoms with Crippen LogP contribution in [-0.4, -0.2) is 36.8 Å². The summed E-state index contributed by atoms with van der Waals surface area (Å²) in [4.78, 5) is 10.3. The first-order valence-corrected chi connectivity index (χ1v) is 7.77. The fraction of sp³-hybridized carbons (Fsp3) is 0.500. The van der Waals surface area contributed by atoms with Crippen LogP contribution in [0, 0.1) is 17.0 Å². The van der Waals surface area contributed by atoms with E-state index >= 15 is 0 Å². The Morgan fingerprint density at radius 1 is 1.43 bits per heavy atom. The van der Waals surface area contributed by atoms with E-state index in [9.17, 15) is 18.5 Å². The van der Waals surface area contributed by atoms with E-state index in [1.54, 1.807) is 6.92 Å². The van der Waals surface area contributed by atoms with Crippen LogP contribution in [0.5, 0.6) is 0 Å². The van der Waals surface area contributed by atoms with E-state index in [4.69, 9.17) is 5.73 Å². The van der Waals surface area contributed by atoms with Crippen molar-refractivity contribution in [2.75, 3.05) is 13.1 Å². The molecule has 21 heavy (non-hydrogen) atoms. The average molecular weight is 336 g/mol. The number of hydrogen-bond acceptors (Lipinski definition) is 5. The summed E-state index contributed by atoms with van der Waals surface area (Å²) in [5.41, 5.74) is 6.03. The normalized spacial score (nSPS) is 19.8. The van der Waals surface area contributed by atoms with Gasteiger partial charge >= 0.3 is 0 Å². The van der Waals surface area contributed by atoms with Crippen molar-refractivity contribution in [2.24, 2.45) is 5.73 Å². The zero-order valence-corrected chi connectivity index (χ0v) is 13.2. The van der Waals surface area contributed by atoms with Gasteiger partial charge in [0.15, 0.2) is 0 Å². The topological polar surface area (TPSA) is 107 Å². The molecule has 0 spiro atoms. The number of halogens is 1. The van der Waals surface area contributed by atoms with Crippen molar-refractivity contribution in [2.45, 2.75) is 30.7 Å². The Bertz CT molecular complexity index is 635. The van der Waals surface area contributed by atoms with Crippen molar-refractivity contribution in [1.29, 1.82) is 0 Å². The van der Waals surface area contributed by atoms with Gasteiger partial charge in [0.1, 0.15) is 0 Å². The molecule has 1 aliphatic rings. The van der Waals surface area contributed by atoms with Crippen molar-refractivity contribution < 1.29 is 13.3 Å². The lowest BCUT2D eigenvalue weighted by Gasteiger charge is -2.29. The highest BCUT2D eigenvalue weighted by atomic mass is 35.5. The molecule has 1 atom stereocenters. The van der Waals surface area contributed by atoms with Crippen LogP contribution in [-0.2, 0) is 10.0 Å². The third-order valence-electron chi connectivity index (χ3n) is 3.44. The Hall–Kier alpha value is -1.22. The molecule has 0 aromatic heterocycles. The molecule has 118 valence electrons. The molecule has 0 unspecified atom stereocenters. The Kier molecular flexibility index (Phi) is 5.68. The maximum atomic E-state index is 12.5. The monoisotopic (exact) mass is 335 g/mol. The van der Waals surface area contributed by atoms with Crippen molar-refractivity contribution in [1.82, 2.24) is 4.31 Å². The Morgan fingerprint density at radius 3 is 2.67 bits per heavy atom. The third kappa shape index (κ3) is 3.70. The van der Waals surface area contributed by atoms with Crippen LogP contribution < -0.4 is 5.73 Å². The van der Waals surface area contributed by atoms with Gasteiger partial charge in [-0.3, -0.25) is 10.1 Å². The molecule has 0 amide bonds. The van der Waals surface area contributed by atoms with E-state index < -0.39 is 14.9 Å². The van der Waals surface area contributed by atoms with Crippen LogP contribution in [0.2, 0.25) is 0 Å². The van der Waals surface area contributed by atoms with Crippen LogP contribution >= 0.6 is 12.4 Å². The number of sulfonamides is 1. The maximum Gasteiger partial charge on any atom is 0.273 e. The van der Waals surface area contributed by atoms with Crippen LogP contribution in [0.4, 0.5) is 5.69 Å². The summed E-state index contributed by atoms with van der Waals surface area (Å²) in [7, 11) is -3.72. The number of rotatable bonds is 3. The standard InChI is InChI=1S/C12H17N3O4S.ClH/c1-9-4-5-11(7-12(9)15(16)17)20(18,19)14-6-2-3-10(13)8-14;/h4-5,7,10H,2-3,6,8,13H2,1H3;1H/t10-;/m1./s1. The van der Waals surface area contributed by atoms with Crippen molar-refractivity contribution in [3.63, 3.8) is 0 Å². The van der Waals surface area contributed by atoms with Crippen molar-refractivity contribution in [3.8, 4) is 0 Å². The number of nitrogens with zero attached hydrogens (tertiary/aromatic N) is 2. The number of hydrogen-bond donors (Lipinski definition) is 1. The largest absolute Gasteiger partial charge is 0.327 e. The van der Waals surface area contributed by atoms with Gasteiger partial charge in [0.25, 0.3) is 5.69 Å². The molecule has 0 radical (unpaired) electrons. The molecule has 7 nitrogen and oxygen atoms in total. The molecule has 0 aliphatic carbocycles. The van der Waals surface area contributed by atoms with Gasteiger partial charge in [-0.05, 0) is 25.8 Å². The van der Waals surface area contributed by atoms with Crippen molar-refractivity contribution in [3.05, 3.63) is 33.9 Å². The molecule has 1 heterocycles. The minimum Gasteiger partial charge on any atom is -0.327 e. The molecule has 2 N–H and O–H groups in total. The summed E-state index contributed by atoms with van der Waals surface area (Å²) in [6.07, 6.45) is 1.49. The van der Waals surface area contributed by atoms with Gasteiger partial charge in [-0.1, -0.05) is 6.07 Å². The summed E-state index contributed by atoms with van der Waals surface area (Å²) < 4.78 is 26.2. The van der Waals surface area contributed by atoms with E-state index in [2.05, 4.69) is 0 Å². The van der Waals surface area contributed by atoms with Gasteiger partial charge in [-0.15, -0.1) is 12.4 Å². The summed E-state index contributed by atoms with van der Waals surface area (Å²) in [6, 6.07) is 3.79. The Morgan fingerprint density at radius 2 is 2.10 bits per heavy atom. The SMILES string of the molecule is Cc1ccc(S(=O)(=O)N2CCC[C@@H](N)C2)cc1[N+](=O)[O-].Cl. The lowest BCUT2D eigenvalue weighted by Crippen LogP contribution is -2.45. The number of nitrogens with two attached hydrogens (primary N) is 1. The van der Waals surface area contributed by atoms with Gasteiger partial charge in [0, 0.05) is 30.8 Å². The molecule has 1 fully saturated rings. The minimum atomic E-state index is -3.72. The van der Waals surface area contributed by atoms with Crippen LogP contribution in [0.25, 0.3) is 0 Å². The van der Waals surface area contributed by atoms with E-state index in [-0.39, 0.29) is 35.6 Å². The highest BCUT2D eigenvalue weighted by molar-refractivity contribution is 7.89. The van der Waals surface area contributed by atoms with Gasteiger partial charge < -0.3 is 5.73 Å². The smallest absolute Gasteiger partial charge is 0.273 e. The van der Waals surface area contributed by atoms with Crippen LogP contribution in [0.3, 0.4) is 0 Å². The number of benzene rings is 1. The second kappa shape index (κ2) is 6.69. The number of nitro benzene ring substituents is 1. The fourth-order valence-electron chi connectivity index (χ4n) is 2.29. The highest BCUT2D eigenvalue weighted by Crippen LogP contribution is 2.26. The summed E-state index contributed by atoms with van der Waals surface area (Å²) in [6.45, 7) is 2.23. The number of aryl methyl sites for hydroxylation is 1. The molecule has 0 saturated carbocycles. The van der Waals surface area contributed by atoms with E-state index in [1.165, 1.54) is 16.4 Å². The molecular formula is C12H18ClN3O4S. The van der Waals surface area contributed by atoms with E-state index in [0.717, 1.165) is 12.5 Å². The van der Waals surface area contributed by atoms with Crippen LogP contribution in [0.1, 0.15) is 18.4 Å². The average Bonchev–Trinajstić information content (AvgIpc) is 2.38. The lowest BCUT2D eigenvalue weighted by atomic mass is 10.1. The Labute approximate surface area is 129 Å². The molecule has 0 bridgehead atoms. The van der Waals surface area contributed by atoms with Gasteiger partial charge in [-0.2, -0.15) is 4.31 Å². The fourth-order valence-corrected chi connectivity index (χ4v) is 3.84. The Balaban J connectivity index is 0.00000220.